The number of nitrogens with zero attached hydrogens (tertiary/aromatic N) is 1. The number of likely N-dealkylation sites (tertiary alicyclic amines) is 1. The minimum absolute atomic E-state index is 0.125. The summed E-state index contributed by atoms with van der Waals surface area (Å²) in [6, 6.07) is 6.18. The Bertz CT molecular complexity index is 605. The number of fused-ring (bicyclic) bond motifs is 1. The number of aliphatic hydroxyl groups is 1. The highest BCUT2D eigenvalue weighted by atomic mass is 16.5. The third-order valence-corrected chi connectivity index (χ3v) is 5.86. The molecule has 2 fully saturated rings. The molecule has 1 unspecified atom stereocenters. The van der Waals surface area contributed by atoms with Gasteiger partial charge in [0.05, 0.1) is 11.7 Å². The van der Waals surface area contributed by atoms with E-state index in [2.05, 4.69) is 12.1 Å². The molecule has 1 spiro atoms. The Hall–Kier alpha value is -1.39. The number of piperidine rings is 1. The van der Waals surface area contributed by atoms with Crippen molar-refractivity contribution in [1.82, 2.24) is 4.90 Å². The number of aliphatic hydroxyl groups excluding tert-OH is 1. The van der Waals surface area contributed by atoms with E-state index in [-0.39, 0.29) is 12.0 Å². The lowest BCUT2D eigenvalue weighted by atomic mass is 9.82. The van der Waals surface area contributed by atoms with Gasteiger partial charge in [-0.3, -0.25) is 4.79 Å². The Balaban J connectivity index is 1.45. The predicted molar refractivity (Wildman–Crippen MR) is 87.5 cm³/mol. The molecule has 1 aromatic rings. The molecule has 1 aromatic carbocycles. The maximum absolute atomic E-state index is 12.8. The second-order valence-corrected chi connectivity index (χ2v) is 7.20. The van der Waals surface area contributed by atoms with Crippen LogP contribution in [0.4, 0.5) is 0 Å². The molecule has 2 heterocycles. The number of hydrogen-bond donors (Lipinski definition) is 1. The summed E-state index contributed by atoms with van der Waals surface area (Å²) in [7, 11) is 0. The summed E-state index contributed by atoms with van der Waals surface area (Å²) in [6.07, 6.45) is 6.29. The first-order valence-electron chi connectivity index (χ1n) is 8.91. The van der Waals surface area contributed by atoms with Crippen LogP contribution in [0.1, 0.15) is 53.6 Å². The molecule has 4 heteroatoms. The Labute approximate surface area is 137 Å². The van der Waals surface area contributed by atoms with Crippen molar-refractivity contribution in [2.75, 3.05) is 19.7 Å². The molecule has 1 atom stereocenters. The maximum atomic E-state index is 12.8. The predicted octanol–water partition coefficient (Wildman–Crippen LogP) is 2.32. The number of hydrogen-bond acceptors (Lipinski definition) is 3. The normalized spacial score (nSPS) is 26.3. The number of carbonyl (C=O) groups excluding carboxylic acids is 1. The zero-order chi connectivity index (χ0) is 15.9. The molecule has 1 amide bonds. The van der Waals surface area contributed by atoms with Crippen LogP contribution in [0, 0.1) is 0 Å². The summed E-state index contributed by atoms with van der Waals surface area (Å²) in [5.41, 5.74) is 3.15. The van der Waals surface area contributed by atoms with E-state index in [1.54, 1.807) is 0 Å². The minimum Gasteiger partial charge on any atom is -0.390 e. The standard InChI is InChI=1S/C19H25NO3/c21-17-5-2-12-23-19(17)8-10-20(11-9-19)18(22)16-7-6-14-3-1-4-15(14)13-16/h6-7,13,17,21H,1-5,8-12H2. The molecule has 4 nitrogen and oxygen atoms in total. The lowest BCUT2D eigenvalue weighted by molar-refractivity contribution is -0.174. The van der Waals surface area contributed by atoms with Gasteiger partial charge in [-0.05, 0) is 68.2 Å². The lowest BCUT2D eigenvalue weighted by Gasteiger charge is -2.46. The average Bonchev–Trinajstić information content (AvgIpc) is 3.05. The molecule has 2 saturated heterocycles. The fourth-order valence-electron chi connectivity index (χ4n) is 4.36. The fourth-order valence-corrected chi connectivity index (χ4v) is 4.36. The van der Waals surface area contributed by atoms with Crippen LogP contribution in [0.25, 0.3) is 0 Å². The van der Waals surface area contributed by atoms with Crippen LogP contribution < -0.4 is 0 Å². The van der Waals surface area contributed by atoms with Gasteiger partial charge >= 0.3 is 0 Å². The topological polar surface area (TPSA) is 49.8 Å². The second-order valence-electron chi connectivity index (χ2n) is 7.20. The summed E-state index contributed by atoms with van der Waals surface area (Å²) >= 11 is 0. The van der Waals surface area contributed by atoms with Crippen molar-refractivity contribution in [3.05, 3.63) is 34.9 Å². The van der Waals surface area contributed by atoms with Gasteiger partial charge in [0.2, 0.25) is 0 Å². The number of ether oxygens (including phenoxy) is 1. The van der Waals surface area contributed by atoms with Gasteiger partial charge in [-0.2, -0.15) is 0 Å². The van der Waals surface area contributed by atoms with Crippen molar-refractivity contribution < 1.29 is 14.6 Å². The zero-order valence-electron chi connectivity index (χ0n) is 13.6. The Morgan fingerprint density at radius 3 is 2.74 bits per heavy atom. The molecule has 3 aliphatic rings. The van der Waals surface area contributed by atoms with Gasteiger partial charge in [-0.1, -0.05) is 6.07 Å². The summed E-state index contributed by atoms with van der Waals surface area (Å²) in [5.74, 6) is 0.125. The molecule has 0 bridgehead atoms. The highest BCUT2D eigenvalue weighted by Crippen LogP contribution is 2.35. The molecule has 0 saturated carbocycles. The van der Waals surface area contributed by atoms with Crippen molar-refractivity contribution in [3.63, 3.8) is 0 Å². The van der Waals surface area contributed by atoms with Gasteiger partial charge in [-0.15, -0.1) is 0 Å². The monoisotopic (exact) mass is 315 g/mol. The van der Waals surface area contributed by atoms with Crippen molar-refractivity contribution in [2.24, 2.45) is 0 Å². The third-order valence-electron chi connectivity index (χ3n) is 5.86. The van der Waals surface area contributed by atoms with Crippen molar-refractivity contribution >= 4 is 5.91 Å². The van der Waals surface area contributed by atoms with Gasteiger partial charge in [0, 0.05) is 25.3 Å². The lowest BCUT2D eigenvalue weighted by Crippen LogP contribution is -2.56. The number of aryl methyl sites for hydroxylation is 2. The van der Waals surface area contributed by atoms with Gasteiger partial charge in [-0.25, -0.2) is 0 Å². The van der Waals surface area contributed by atoms with E-state index in [0.717, 1.165) is 50.7 Å². The van der Waals surface area contributed by atoms with Crippen molar-refractivity contribution in [1.29, 1.82) is 0 Å². The number of rotatable bonds is 1. The molecular formula is C19H25NO3. The van der Waals surface area contributed by atoms with Gasteiger partial charge in [0.25, 0.3) is 5.91 Å². The summed E-state index contributed by atoms with van der Waals surface area (Å²) in [6.45, 7) is 2.08. The third kappa shape index (κ3) is 2.68. The van der Waals surface area contributed by atoms with Crippen LogP contribution in [-0.2, 0) is 17.6 Å². The van der Waals surface area contributed by atoms with Crippen LogP contribution in [0.5, 0.6) is 0 Å². The maximum Gasteiger partial charge on any atom is 0.253 e. The van der Waals surface area contributed by atoms with E-state index in [0.29, 0.717) is 13.1 Å². The molecule has 23 heavy (non-hydrogen) atoms. The van der Waals surface area contributed by atoms with E-state index in [9.17, 15) is 9.90 Å². The number of carbonyl (C=O) groups is 1. The van der Waals surface area contributed by atoms with Crippen LogP contribution >= 0.6 is 0 Å². The van der Waals surface area contributed by atoms with Crippen LogP contribution in [0.15, 0.2) is 18.2 Å². The summed E-state index contributed by atoms with van der Waals surface area (Å²) in [5, 5.41) is 10.3. The van der Waals surface area contributed by atoms with E-state index in [1.165, 1.54) is 17.5 Å². The highest BCUT2D eigenvalue weighted by Gasteiger charge is 2.44. The molecule has 1 N–H and O–H groups in total. The number of benzene rings is 1. The van der Waals surface area contributed by atoms with E-state index < -0.39 is 5.60 Å². The fraction of sp³-hybridized carbons (Fsp3) is 0.632. The minimum atomic E-state index is -0.410. The van der Waals surface area contributed by atoms with Gasteiger partial charge in [0.1, 0.15) is 0 Å². The molecule has 1 aliphatic carbocycles. The summed E-state index contributed by atoms with van der Waals surface area (Å²) < 4.78 is 5.92. The second kappa shape index (κ2) is 5.91. The van der Waals surface area contributed by atoms with E-state index >= 15 is 0 Å². The Morgan fingerprint density at radius 2 is 1.96 bits per heavy atom. The molecule has 124 valence electrons. The van der Waals surface area contributed by atoms with Crippen LogP contribution in [-0.4, -0.2) is 47.3 Å². The quantitative estimate of drug-likeness (QED) is 0.865. The zero-order valence-corrected chi connectivity index (χ0v) is 13.6. The smallest absolute Gasteiger partial charge is 0.253 e. The molecule has 0 radical (unpaired) electrons. The highest BCUT2D eigenvalue weighted by molar-refractivity contribution is 5.94. The largest absolute Gasteiger partial charge is 0.390 e. The van der Waals surface area contributed by atoms with E-state index in [1.807, 2.05) is 11.0 Å². The van der Waals surface area contributed by atoms with Crippen LogP contribution in [0.3, 0.4) is 0 Å². The Kier molecular flexibility index (Phi) is 3.90. The molecule has 4 rings (SSSR count). The molecule has 0 aromatic heterocycles. The first-order valence-corrected chi connectivity index (χ1v) is 8.91. The van der Waals surface area contributed by atoms with Gasteiger partial charge in [0.15, 0.2) is 0 Å². The van der Waals surface area contributed by atoms with Gasteiger partial charge < -0.3 is 14.7 Å². The first kappa shape index (κ1) is 15.2. The molecular weight excluding hydrogens is 290 g/mol. The Morgan fingerprint density at radius 1 is 1.17 bits per heavy atom. The number of amides is 1. The average molecular weight is 315 g/mol. The summed E-state index contributed by atoms with van der Waals surface area (Å²) in [4.78, 5) is 14.7. The van der Waals surface area contributed by atoms with Crippen molar-refractivity contribution in [2.45, 2.75) is 56.7 Å². The first-order chi connectivity index (χ1) is 11.2. The van der Waals surface area contributed by atoms with E-state index in [4.69, 9.17) is 4.74 Å². The SMILES string of the molecule is O=C(c1ccc2c(c1)CCC2)N1CCC2(CC1)OCCCC2O. The van der Waals surface area contributed by atoms with Crippen LogP contribution in [0.2, 0.25) is 0 Å². The molecule has 2 aliphatic heterocycles. The van der Waals surface area contributed by atoms with Crippen molar-refractivity contribution in [3.8, 4) is 0 Å².